The molecule has 0 N–H and O–H groups in total. The van der Waals surface area contributed by atoms with Crippen molar-refractivity contribution in [3.63, 3.8) is 0 Å². The van der Waals surface area contributed by atoms with E-state index in [0.29, 0.717) is 22.8 Å². The van der Waals surface area contributed by atoms with E-state index < -0.39 is 0 Å². The van der Waals surface area contributed by atoms with Crippen LogP contribution in [0.1, 0.15) is 46.8 Å². The monoisotopic (exact) mass is 421 g/mol. The average molecular weight is 422 g/mol. The molecule has 0 unspecified atom stereocenters. The third kappa shape index (κ3) is 3.27. The molecule has 154 valence electrons. The summed E-state index contributed by atoms with van der Waals surface area (Å²) in [6.45, 7) is 4.83. The Balaban J connectivity index is 1.50. The quantitative estimate of drug-likeness (QED) is 0.609. The molecule has 30 heavy (non-hydrogen) atoms. The van der Waals surface area contributed by atoms with Crippen molar-refractivity contribution in [3.05, 3.63) is 76.1 Å². The maximum absolute atomic E-state index is 13.3. The van der Waals surface area contributed by atoms with Crippen LogP contribution in [0, 0.1) is 6.92 Å². The number of piperidine rings is 1. The number of amides is 1. The van der Waals surface area contributed by atoms with E-state index in [0.717, 1.165) is 41.8 Å². The van der Waals surface area contributed by atoms with Gasteiger partial charge in [-0.15, -0.1) is 0 Å². The normalized spacial score (nSPS) is 20.5. The summed E-state index contributed by atoms with van der Waals surface area (Å²) in [5.74, 6) is 0.575. The molecule has 1 saturated heterocycles. The molecule has 0 aliphatic carbocycles. The number of rotatable bonds is 3. The van der Waals surface area contributed by atoms with E-state index in [-0.39, 0.29) is 18.1 Å². The summed E-state index contributed by atoms with van der Waals surface area (Å²) in [6, 6.07) is 12.3. The van der Waals surface area contributed by atoms with Gasteiger partial charge in [-0.2, -0.15) is 5.10 Å². The first-order valence-corrected chi connectivity index (χ1v) is 10.8. The summed E-state index contributed by atoms with van der Waals surface area (Å²) in [5, 5.41) is 4.83. The van der Waals surface area contributed by atoms with Crippen molar-refractivity contribution in [2.45, 2.75) is 45.3 Å². The van der Waals surface area contributed by atoms with Gasteiger partial charge >= 0.3 is 0 Å². The number of hydrogen-bond acceptors (Lipinski definition) is 3. The molecule has 3 aliphatic heterocycles. The van der Waals surface area contributed by atoms with Crippen molar-refractivity contribution in [2.75, 3.05) is 6.54 Å². The van der Waals surface area contributed by atoms with E-state index in [9.17, 15) is 4.79 Å². The predicted molar refractivity (Wildman–Crippen MR) is 117 cm³/mol. The summed E-state index contributed by atoms with van der Waals surface area (Å²) >= 11 is 6.73. The van der Waals surface area contributed by atoms with Crippen molar-refractivity contribution >= 4 is 17.5 Å². The third-order valence-corrected chi connectivity index (χ3v) is 6.73. The predicted octanol–water partition coefficient (Wildman–Crippen LogP) is 4.81. The second-order valence-electron chi connectivity index (χ2n) is 8.26. The van der Waals surface area contributed by atoms with Crippen LogP contribution in [-0.4, -0.2) is 39.3 Å². The van der Waals surface area contributed by atoms with Crippen LogP contribution in [0.5, 0.6) is 5.75 Å². The zero-order valence-electron chi connectivity index (χ0n) is 17.1. The minimum atomic E-state index is 0.0211. The van der Waals surface area contributed by atoms with Gasteiger partial charge in [-0.3, -0.25) is 4.79 Å². The Labute approximate surface area is 181 Å². The third-order valence-electron chi connectivity index (χ3n) is 6.28. The van der Waals surface area contributed by atoms with Crippen LogP contribution in [0.25, 0.3) is 5.69 Å². The van der Waals surface area contributed by atoms with Gasteiger partial charge in [-0.1, -0.05) is 23.7 Å². The highest BCUT2D eigenvalue weighted by Crippen LogP contribution is 2.40. The van der Waals surface area contributed by atoms with E-state index in [1.807, 2.05) is 47.0 Å². The number of carbonyl (C=O) groups is 1. The lowest BCUT2D eigenvalue weighted by atomic mass is 9.93. The van der Waals surface area contributed by atoms with Crippen LogP contribution in [0.3, 0.4) is 0 Å². The SMILES string of the molecule is Cc1c(Cc2ccc(-n3cccn3)cc2)cc2c(c1Cl)O[C@@H]1CCN(C2=O)[C@H](C)C1. The van der Waals surface area contributed by atoms with Crippen LogP contribution < -0.4 is 4.74 Å². The molecule has 5 nitrogen and oxygen atoms in total. The Bertz CT molecular complexity index is 1090. The van der Waals surface area contributed by atoms with Gasteiger partial charge in [-0.25, -0.2) is 4.68 Å². The number of halogens is 1. The zero-order chi connectivity index (χ0) is 20.8. The van der Waals surface area contributed by atoms with Gasteiger partial charge in [0.1, 0.15) is 6.10 Å². The number of hydrogen-bond donors (Lipinski definition) is 0. The number of ether oxygens (including phenoxy) is 1. The highest BCUT2D eigenvalue weighted by molar-refractivity contribution is 6.33. The fourth-order valence-corrected chi connectivity index (χ4v) is 4.77. The molecular weight excluding hydrogens is 398 g/mol. The number of aromatic nitrogens is 2. The van der Waals surface area contributed by atoms with E-state index in [2.05, 4.69) is 24.2 Å². The molecule has 1 aromatic heterocycles. The first-order valence-electron chi connectivity index (χ1n) is 10.4. The molecule has 1 fully saturated rings. The van der Waals surface area contributed by atoms with Crippen molar-refractivity contribution in [3.8, 4) is 11.4 Å². The van der Waals surface area contributed by atoms with Crippen molar-refractivity contribution in [1.29, 1.82) is 0 Å². The second-order valence-corrected chi connectivity index (χ2v) is 8.63. The minimum absolute atomic E-state index is 0.0211. The second kappa shape index (κ2) is 7.47. The molecule has 3 aromatic rings. The molecule has 0 saturated carbocycles. The largest absolute Gasteiger partial charge is 0.488 e. The van der Waals surface area contributed by atoms with E-state index in [1.165, 1.54) is 0 Å². The molecular formula is C24H24ClN3O2. The molecule has 3 aliphatic rings. The average Bonchev–Trinajstić information content (AvgIpc) is 3.27. The molecule has 6 rings (SSSR count). The van der Waals surface area contributed by atoms with Crippen molar-refractivity contribution in [1.82, 2.24) is 14.7 Å². The lowest BCUT2D eigenvalue weighted by molar-refractivity contribution is 0.0349. The standard InChI is InChI=1S/C24H24ClN3O2/c1-15-12-20-8-11-27(15)24(29)21-14-18(16(2)22(25)23(21)30-20)13-17-4-6-19(7-5-17)28-10-3-9-26-28/h3-7,9-10,14-15,20H,8,11-13H2,1-2H3/t15-,20-/m1/s1. The topological polar surface area (TPSA) is 47.4 Å². The minimum Gasteiger partial charge on any atom is -0.488 e. The summed E-state index contributed by atoms with van der Waals surface area (Å²) < 4.78 is 8.08. The van der Waals surface area contributed by atoms with Crippen molar-refractivity contribution in [2.24, 2.45) is 0 Å². The van der Waals surface area contributed by atoms with Crippen LogP contribution in [0.15, 0.2) is 48.8 Å². The lowest BCUT2D eigenvalue weighted by Crippen LogP contribution is -2.49. The van der Waals surface area contributed by atoms with Gasteiger partial charge in [0.05, 0.1) is 16.3 Å². The molecule has 6 heteroatoms. The number of nitrogens with zero attached hydrogens (tertiary/aromatic N) is 3. The molecule has 1 amide bonds. The maximum Gasteiger partial charge on any atom is 0.257 e. The van der Waals surface area contributed by atoms with Crippen LogP contribution in [0.4, 0.5) is 0 Å². The summed E-state index contributed by atoms with van der Waals surface area (Å²) in [7, 11) is 0. The first kappa shape index (κ1) is 19.2. The molecule has 2 bridgehead atoms. The summed E-state index contributed by atoms with van der Waals surface area (Å²) in [6.07, 6.45) is 6.20. The van der Waals surface area contributed by atoms with Gasteiger partial charge in [0.15, 0.2) is 5.75 Å². The zero-order valence-corrected chi connectivity index (χ0v) is 17.9. The Hall–Kier alpha value is -2.79. The van der Waals surface area contributed by atoms with Gasteiger partial charge in [0, 0.05) is 37.8 Å². The number of carbonyl (C=O) groups excluding carboxylic acids is 1. The van der Waals surface area contributed by atoms with Crippen LogP contribution in [-0.2, 0) is 6.42 Å². The first-order chi connectivity index (χ1) is 14.5. The fraction of sp³-hybridized carbons (Fsp3) is 0.333. The van der Waals surface area contributed by atoms with Crippen LogP contribution in [0.2, 0.25) is 5.02 Å². The van der Waals surface area contributed by atoms with Gasteiger partial charge < -0.3 is 9.64 Å². The molecule has 0 spiro atoms. The fourth-order valence-electron chi connectivity index (χ4n) is 4.50. The summed E-state index contributed by atoms with van der Waals surface area (Å²) in [4.78, 5) is 15.2. The van der Waals surface area contributed by atoms with Gasteiger partial charge in [0.25, 0.3) is 5.91 Å². The van der Waals surface area contributed by atoms with Crippen LogP contribution >= 0.6 is 11.6 Å². The Morgan fingerprint density at radius 3 is 2.77 bits per heavy atom. The van der Waals surface area contributed by atoms with E-state index in [4.69, 9.17) is 16.3 Å². The molecule has 0 radical (unpaired) electrons. The molecule has 4 heterocycles. The maximum atomic E-state index is 13.3. The number of fused-ring (bicyclic) bond motifs is 2. The highest BCUT2D eigenvalue weighted by Gasteiger charge is 2.36. The number of benzene rings is 2. The molecule has 2 aromatic carbocycles. The lowest BCUT2D eigenvalue weighted by Gasteiger charge is -2.41. The van der Waals surface area contributed by atoms with Gasteiger partial charge in [-0.05, 0) is 61.2 Å². The Morgan fingerprint density at radius 2 is 2.07 bits per heavy atom. The smallest absolute Gasteiger partial charge is 0.257 e. The van der Waals surface area contributed by atoms with Crippen molar-refractivity contribution < 1.29 is 9.53 Å². The van der Waals surface area contributed by atoms with E-state index in [1.54, 1.807) is 6.20 Å². The molecule has 2 atom stereocenters. The Kier molecular flexibility index (Phi) is 4.78. The Morgan fingerprint density at radius 1 is 1.27 bits per heavy atom. The van der Waals surface area contributed by atoms with Gasteiger partial charge in [0.2, 0.25) is 0 Å². The van der Waals surface area contributed by atoms with E-state index >= 15 is 0 Å². The highest BCUT2D eigenvalue weighted by atomic mass is 35.5. The summed E-state index contributed by atoms with van der Waals surface area (Å²) in [5.41, 5.74) is 4.77.